The van der Waals surface area contributed by atoms with Gasteiger partial charge in [-0.1, -0.05) is 20.3 Å². The van der Waals surface area contributed by atoms with Gasteiger partial charge in [0.05, 0.1) is 6.04 Å². The molecule has 1 heterocycles. The average Bonchev–Trinajstić information content (AvgIpc) is 2.22. The minimum absolute atomic E-state index is 0.0596. The summed E-state index contributed by atoms with van der Waals surface area (Å²) in [5, 5.41) is 2.06. The van der Waals surface area contributed by atoms with Crippen LogP contribution in [0.3, 0.4) is 0 Å². The molecule has 0 saturated carbocycles. The summed E-state index contributed by atoms with van der Waals surface area (Å²) in [5.41, 5.74) is 8.80. The zero-order valence-electron chi connectivity index (χ0n) is 10.9. The molecule has 0 radical (unpaired) electrons. The van der Waals surface area contributed by atoms with E-state index in [0.29, 0.717) is 12.1 Å². The molecule has 94 valence electrons. The first-order valence-corrected chi connectivity index (χ1v) is 6.28. The predicted octanol–water partition coefficient (Wildman–Crippen LogP) is 1.26. The van der Waals surface area contributed by atoms with Crippen molar-refractivity contribution in [1.29, 1.82) is 0 Å². The molecule has 0 aliphatic carbocycles. The van der Waals surface area contributed by atoms with E-state index in [0.717, 1.165) is 12.8 Å². The van der Waals surface area contributed by atoms with Gasteiger partial charge in [-0.3, -0.25) is 10.2 Å². The highest BCUT2D eigenvalue weighted by Crippen LogP contribution is 2.20. The third-order valence-electron chi connectivity index (χ3n) is 3.45. The van der Waals surface area contributed by atoms with E-state index in [1.165, 1.54) is 6.42 Å². The summed E-state index contributed by atoms with van der Waals surface area (Å²) in [5.74, 6) is 0.117. The Bertz CT molecular complexity index is 232. The maximum absolute atomic E-state index is 11.9. The molecule has 4 heteroatoms. The Morgan fingerprint density at radius 1 is 1.31 bits per heavy atom. The molecule has 2 unspecified atom stereocenters. The fourth-order valence-corrected chi connectivity index (χ4v) is 2.15. The molecular weight excluding hydrogens is 202 g/mol. The van der Waals surface area contributed by atoms with Gasteiger partial charge >= 0.3 is 0 Å². The van der Waals surface area contributed by atoms with Crippen molar-refractivity contribution in [2.75, 3.05) is 0 Å². The van der Waals surface area contributed by atoms with E-state index >= 15 is 0 Å². The van der Waals surface area contributed by atoms with E-state index in [2.05, 4.69) is 24.3 Å². The van der Waals surface area contributed by atoms with Crippen molar-refractivity contribution in [3.63, 3.8) is 0 Å². The first-order valence-electron chi connectivity index (χ1n) is 6.28. The average molecular weight is 227 g/mol. The van der Waals surface area contributed by atoms with Crippen LogP contribution in [0.25, 0.3) is 0 Å². The normalized spacial score (nSPS) is 29.1. The zero-order valence-corrected chi connectivity index (χ0v) is 10.9. The van der Waals surface area contributed by atoms with Gasteiger partial charge in [0.1, 0.15) is 0 Å². The Morgan fingerprint density at radius 2 is 1.81 bits per heavy atom. The molecule has 1 fully saturated rings. The molecule has 1 saturated heterocycles. The van der Waals surface area contributed by atoms with Crippen LogP contribution < -0.4 is 11.2 Å². The molecule has 16 heavy (non-hydrogen) atoms. The van der Waals surface area contributed by atoms with E-state index in [1.807, 2.05) is 13.8 Å². The molecule has 0 spiro atoms. The number of hydrogen-bond donors (Lipinski definition) is 2. The molecular formula is C12H25N3O. The van der Waals surface area contributed by atoms with Crippen molar-refractivity contribution in [2.24, 2.45) is 11.7 Å². The second kappa shape index (κ2) is 5.64. The fourth-order valence-electron chi connectivity index (χ4n) is 2.15. The van der Waals surface area contributed by atoms with Crippen LogP contribution in [0.5, 0.6) is 0 Å². The van der Waals surface area contributed by atoms with Gasteiger partial charge in [0.25, 0.3) is 5.91 Å². The SMILES string of the molecule is CC(C)[C@H](N)C(=O)NN1C(C)CCCC1C. The van der Waals surface area contributed by atoms with E-state index in [9.17, 15) is 4.79 Å². The van der Waals surface area contributed by atoms with Gasteiger partial charge in [-0.2, -0.15) is 0 Å². The van der Waals surface area contributed by atoms with Crippen LogP contribution in [-0.2, 0) is 4.79 Å². The van der Waals surface area contributed by atoms with Crippen molar-refractivity contribution in [3.05, 3.63) is 0 Å². The monoisotopic (exact) mass is 227 g/mol. The minimum Gasteiger partial charge on any atom is -0.320 e. The molecule has 0 aromatic rings. The standard InChI is InChI=1S/C12H25N3O/c1-8(2)11(13)12(16)14-15-9(3)6-5-7-10(15)4/h8-11H,5-7,13H2,1-4H3,(H,14,16)/t9?,10?,11-/m0/s1. The largest absolute Gasteiger partial charge is 0.320 e. The summed E-state index contributed by atoms with van der Waals surface area (Å²) in [7, 11) is 0. The lowest BCUT2D eigenvalue weighted by atomic mass is 9.99. The first-order chi connectivity index (χ1) is 7.43. The van der Waals surface area contributed by atoms with Crippen molar-refractivity contribution >= 4 is 5.91 Å². The lowest BCUT2D eigenvalue weighted by Gasteiger charge is -2.39. The van der Waals surface area contributed by atoms with E-state index < -0.39 is 6.04 Å². The van der Waals surface area contributed by atoms with Crippen LogP contribution in [0, 0.1) is 5.92 Å². The number of nitrogens with one attached hydrogen (secondary N) is 1. The quantitative estimate of drug-likeness (QED) is 0.763. The van der Waals surface area contributed by atoms with Gasteiger partial charge in [0.2, 0.25) is 0 Å². The number of hydrazine groups is 1. The van der Waals surface area contributed by atoms with Crippen LogP contribution in [-0.4, -0.2) is 29.0 Å². The number of nitrogens with two attached hydrogens (primary N) is 1. The molecule has 0 aromatic heterocycles. The van der Waals surface area contributed by atoms with Crippen LogP contribution >= 0.6 is 0 Å². The fraction of sp³-hybridized carbons (Fsp3) is 0.917. The lowest BCUT2D eigenvalue weighted by molar-refractivity contribution is -0.131. The Kier molecular flexibility index (Phi) is 4.74. The molecule has 4 nitrogen and oxygen atoms in total. The van der Waals surface area contributed by atoms with Gasteiger partial charge in [-0.05, 0) is 32.6 Å². The van der Waals surface area contributed by atoms with Crippen molar-refractivity contribution in [1.82, 2.24) is 10.4 Å². The summed E-state index contributed by atoms with van der Waals surface area (Å²) in [6, 6.07) is 0.403. The Labute approximate surface area is 98.5 Å². The van der Waals surface area contributed by atoms with Crippen molar-refractivity contribution < 1.29 is 4.79 Å². The van der Waals surface area contributed by atoms with Crippen LogP contribution in [0.2, 0.25) is 0 Å². The summed E-state index contributed by atoms with van der Waals surface area (Å²) < 4.78 is 0. The second-order valence-corrected chi connectivity index (χ2v) is 5.28. The van der Waals surface area contributed by atoms with Gasteiger partial charge in [-0.25, -0.2) is 5.01 Å². The van der Waals surface area contributed by atoms with Crippen LogP contribution in [0.1, 0.15) is 47.0 Å². The Hall–Kier alpha value is -0.610. The molecule has 0 bridgehead atoms. The number of amides is 1. The Balaban J connectivity index is 2.54. The maximum atomic E-state index is 11.9. The molecule has 1 aliphatic rings. The molecule has 3 atom stereocenters. The third-order valence-corrected chi connectivity index (χ3v) is 3.45. The molecule has 1 amide bonds. The number of carbonyl (C=O) groups excluding carboxylic acids is 1. The summed E-state index contributed by atoms with van der Waals surface area (Å²) in [4.78, 5) is 11.9. The van der Waals surface area contributed by atoms with E-state index in [4.69, 9.17) is 5.73 Å². The summed E-state index contributed by atoms with van der Waals surface area (Å²) >= 11 is 0. The van der Waals surface area contributed by atoms with Crippen molar-refractivity contribution in [3.8, 4) is 0 Å². The number of rotatable bonds is 3. The van der Waals surface area contributed by atoms with E-state index in [-0.39, 0.29) is 11.8 Å². The van der Waals surface area contributed by atoms with E-state index in [1.54, 1.807) is 0 Å². The number of nitrogens with zero attached hydrogens (tertiary/aromatic N) is 1. The van der Waals surface area contributed by atoms with Gasteiger partial charge in [0.15, 0.2) is 0 Å². The van der Waals surface area contributed by atoms with Crippen molar-refractivity contribution in [2.45, 2.75) is 65.1 Å². The summed E-state index contributed by atoms with van der Waals surface area (Å²) in [6.07, 6.45) is 3.52. The Morgan fingerprint density at radius 3 is 2.25 bits per heavy atom. The van der Waals surface area contributed by atoms with Crippen LogP contribution in [0.15, 0.2) is 0 Å². The zero-order chi connectivity index (χ0) is 12.3. The highest BCUT2D eigenvalue weighted by atomic mass is 16.2. The second-order valence-electron chi connectivity index (χ2n) is 5.28. The maximum Gasteiger partial charge on any atom is 0.251 e. The number of carbonyl (C=O) groups is 1. The first kappa shape index (κ1) is 13.5. The highest BCUT2D eigenvalue weighted by Gasteiger charge is 2.28. The van der Waals surface area contributed by atoms with Gasteiger partial charge in [0, 0.05) is 12.1 Å². The summed E-state index contributed by atoms with van der Waals surface area (Å²) in [6.45, 7) is 8.23. The predicted molar refractivity (Wildman–Crippen MR) is 65.6 cm³/mol. The molecule has 0 aromatic carbocycles. The lowest BCUT2D eigenvalue weighted by Crippen LogP contribution is -2.58. The molecule has 3 N–H and O–H groups in total. The smallest absolute Gasteiger partial charge is 0.251 e. The number of piperidine rings is 1. The third kappa shape index (κ3) is 3.19. The van der Waals surface area contributed by atoms with Gasteiger partial charge < -0.3 is 5.73 Å². The van der Waals surface area contributed by atoms with Crippen LogP contribution in [0.4, 0.5) is 0 Å². The molecule has 1 aliphatic heterocycles. The number of hydrogen-bond acceptors (Lipinski definition) is 3. The highest BCUT2D eigenvalue weighted by molar-refractivity contribution is 5.81. The minimum atomic E-state index is -0.415. The molecule has 1 rings (SSSR count). The topological polar surface area (TPSA) is 58.4 Å². The van der Waals surface area contributed by atoms with Gasteiger partial charge in [-0.15, -0.1) is 0 Å².